The SMILES string of the molecule is Cc1cccc(-c2ncc3c(N(C)[C@@H]4CCN(C(=O)/C(F)=C/c5ccccn5)C4)nc(OC[C@@]45CCCN4C[C@H](F)C5)nc3c2F)c1C(F)(F)F. The fourth-order valence-corrected chi connectivity index (χ4v) is 7.65. The lowest BCUT2D eigenvalue weighted by Gasteiger charge is -2.31. The number of aromatic nitrogens is 4. The molecule has 0 spiro atoms. The predicted octanol–water partition coefficient (Wildman–Crippen LogP) is 6.56. The van der Waals surface area contributed by atoms with Crippen molar-refractivity contribution in [1.29, 1.82) is 0 Å². The largest absolute Gasteiger partial charge is 0.461 e. The quantitative estimate of drug-likeness (QED) is 0.150. The number of carbonyl (C=O) groups is 1. The molecule has 4 aromatic rings. The third-order valence-corrected chi connectivity index (χ3v) is 10.2. The lowest BCUT2D eigenvalue weighted by molar-refractivity contribution is -0.137. The van der Waals surface area contributed by atoms with Crippen molar-refractivity contribution in [2.24, 2.45) is 0 Å². The van der Waals surface area contributed by atoms with E-state index in [-0.39, 0.29) is 66.7 Å². The van der Waals surface area contributed by atoms with Crippen LogP contribution in [0.4, 0.5) is 32.2 Å². The van der Waals surface area contributed by atoms with Gasteiger partial charge in [0.25, 0.3) is 5.91 Å². The van der Waals surface area contributed by atoms with Crippen LogP contribution in [0.5, 0.6) is 6.01 Å². The summed E-state index contributed by atoms with van der Waals surface area (Å²) >= 11 is 0. The molecule has 0 N–H and O–H groups in total. The summed E-state index contributed by atoms with van der Waals surface area (Å²) < 4.78 is 94.6. The summed E-state index contributed by atoms with van der Waals surface area (Å²) in [5.41, 5.74) is -2.69. The Labute approximate surface area is 290 Å². The van der Waals surface area contributed by atoms with Gasteiger partial charge in [0.2, 0.25) is 0 Å². The number of likely N-dealkylation sites (N-methyl/N-ethyl adjacent to an activating group) is 1. The zero-order valence-corrected chi connectivity index (χ0v) is 27.9. The van der Waals surface area contributed by atoms with Crippen LogP contribution >= 0.6 is 0 Å². The smallest absolute Gasteiger partial charge is 0.417 e. The molecule has 0 radical (unpaired) electrons. The second-order valence-corrected chi connectivity index (χ2v) is 13.4. The molecule has 0 unspecified atom stereocenters. The van der Waals surface area contributed by atoms with Crippen molar-refractivity contribution >= 4 is 28.7 Å². The molecule has 3 aliphatic rings. The van der Waals surface area contributed by atoms with Crippen molar-refractivity contribution in [1.82, 2.24) is 29.7 Å². The van der Waals surface area contributed by atoms with Crippen molar-refractivity contribution in [3.8, 4) is 17.3 Å². The molecule has 1 amide bonds. The molecule has 1 aromatic carbocycles. The number of ether oxygens (including phenoxy) is 1. The van der Waals surface area contributed by atoms with Crippen LogP contribution in [0.25, 0.3) is 28.2 Å². The number of hydrogen-bond acceptors (Lipinski definition) is 8. The van der Waals surface area contributed by atoms with Crippen molar-refractivity contribution in [3.63, 3.8) is 0 Å². The number of benzene rings is 1. The van der Waals surface area contributed by atoms with Crippen molar-refractivity contribution in [2.45, 2.75) is 56.5 Å². The third-order valence-electron chi connectivity index (χ3n) is 10.2. The van der Waals surface area contributed by atoms with Crippen LogP contribution in [-0.2, 0) is 11.0 Å². The predicted molar refractivity (Wildman–Crippen MR) is 178 cm³/mol. The summed E-state index contributed by atoms with van der Waals surface area (Å²) in [4.78, 5) is 35.2. The Morgan fingerprint density at radius 1 is 1.12 bits per heavy atom. The molecule has 15 heteroatoms. The van der Waals surface area contributed by atoms with Crippen LogP contribution in [-0.4, -0.2) is 93.2 Å². The van der Waals surface area contributed by atoms with E-state index in [0.29, 0.717) is 19.4 Å². The topological polar surface area (TPSA) is 87.6 Å². The minimum Gasteiger partial charge on any atom is -0.461 e. The zero-order valence-electron chi connectivity index (χ0n) is 27.9. The Hall–Kier alpha value is -4.79. The zero-order chi connectivity index (χ0) is 36.1. The minimum absolute atomic E-state index is 0.0331. The van der Waals surface area contributed by atoms with E-state index >= 15 is 4.39 Å². The standard InChI is InChI=1S/C36H35F6N7O2/c1-21-7-5-9-25(28(21)36(40,41)42)30-29(39)31-26(17-44-30)32(46-34(45-31)51-20-35-11-6-13-49(35)18-22(37)16-35)47(2)24-10-14-48(19-24)33(50)27(38)15-23-8-3-4-12-43-23/h3-5,7-9,12,15,17,22,24H,6,10-11,13-14,16,18-20H2,1-2H3/b27-15-/t22-,24-,35+/m1/s1. The molecular formula is C36H35F6N7O2. The maximum atomic E-state index is 16.5. The molecule has 6 heterocycles. The van der Waals surface area contributed by atoms with Gasteiger partial charge in [0.05, 0.1) is 22.2 Å². The van der Waals surface area contributed by atoms with Gasteiger partial charge in [-0.15, -0.1) is 0 Å². The summed E-state index contributed by atoms with van der Waals surface area (Å²) in [6, 6.07) is 8.11. The Kier molecular flexibility index (Phi) is 9.10. The number of rotatable bonds is 8. The van der Waals surface area contributed by atoms with E-state index < -0.39 is 58.3 Å². The molecule has 3 aromatic heterocycles. The number of pyridine rings is 2. The Morgan fingerprint density at radius 2 is 1.94 bits per heavy atom. The third kappa shape index (κ3) is 6.59. The lowest BCUT2D eigenvalue weighted by Crippen LogP contribution is -2.43. The summed E-state index contributed by atoms with van der Waals surface area (Å²) in [5, 5.41) is 0.101. The molecular weight excluding hydrogens is 676 g/mol. The fraction of sp³-hybridized carbons (Fsp3) is 0.417. The average Bonchev–Trinajstić information content (AvgIpc) is 3.81. The van der Waals surface area contributed by atoms with Gasteiger partial charge in [-0.2, -0.15) is 23.1 Å². The number of halogens is 6. The minimum atomic E-state index is -4.78. The van der Waals surface area contributed by atoms with E-state index in [1.54, 1.807) is 30.1 Å². The number of anilines is 1. The van der Waals surface area contributed by atoms with Gasteiger partial charge in [-0.1, -0.05) is 24.3 Å². The normalized spacial score (nSPS) is 22.5. The summed E-state index contributed by atoms with van der Waals surface area (Å²) in [5.74, 6) is -2.73. The maximum absolute atomic E-state index is 16.5. The van der Waals surface area contributed by atoms with Crippen LogP contribution in [0, 0.1) is 12.7 Å². The van der Waals surface area contributed by atoms with Crippen LogP contribution in [0.3, 0.4) is 0 Å². The van der Waals surface area contributed by atoms with Gasteiger partial charge >= 0.3 is 12.2 Å². The van der Waals surface area contributed by atoms with Gasteiger partial charge in [0.15, 0.2) is 11.6 Å². The van der Waals surface area contributed by atoms with Crippen molar-refractivity contribution in [3.05, 3.63) is 77.3 Å². The lowest BCUT2D eigenvalue weighted by atomic mass is 9.95. The van der Waals surface area contributed by atoms with Gasteiger partial charge in [0, 0.05) is 63.2 Å². The number of likely N-dealkylation sites (tertiary alicyclic amines) is 1. The van der Waals surface area contributed by atoms with Gasteiger partial charge in [-0.25, -0.2) is 13.2 Å². The highest BCUT2D eigenvalue weighted by Gasteiger charge is 2.49. The summed E-state index contributed by atoms with van der Waals surface area (Å²) in [6.07, 6.45) is 0.194. The fourth-order valence-electron chi connectivity index (χ4n) is 7.65. The van der Waals surface area contributed by atoms with E-state index in [0.717, 1.165) is 18.6 Å². The first-order chi connectivity index (χ1) is 24.3. The highest BCUT2D eigenvalue weighted by molar-refractivity contribution is 5.96. The molecule has 268 valence electrons. The second-order valence-electron chi connectivity index (χ2n) is 13.4. The molecule has 3 saturated heterocycles. The van der Waals surface area contributed by atoms with E-state index in [1.165, 1.54) is 36.4 Å². The molecule has 51 heavy (non-hydrogen) atoms. The number of alkyl halides is 4. The van der Waals surface area contributed by atoms with Gasteiger partial charge < -0.3 is 14.5 Å². The van der Waals surface area contributed by atoms with Crippen LogP contribution in [0.15, 0.2) is 54.6 Å². The molecule has 0 saturated carbocycles. The van der Waals surface area contributed by atoms with Gasteiger partial charge in [-0.3, -0.25) is 19.7 Å². The van der Waals surface area contributed by atoms with Crippen molar-refractivity contribution in [2.75, 3.05) is 44.7 Å². The van der Waals surface area contributed by atoms with Crippen molar-refractivity contribution < 1.29 is 35.9 Å². The summed E-state index contributed by atoms with van der Waals surface area (Å²) in [6.45, 7) is 2.64. The second kappa shape index (κ2) is 13.4. The number of amides is 1. The first-order valence-electron chi connectivity index (χ1n) is 16.7. The Balaban J connectivity index is 1.24. The van der Waals surface area contributed by atoms with E-state index in [1.807, 2.05) is 4.90 Å². The number of carbonyl (C=O) groups excluding carboxylic acids is 1. The van der Waals surface area contributed by atoms with Gasteiger partial charge in [-0.05, 0) is 50.4 Å². The van der Waals surface area contributed by atoms with Gasteiger partial charge in [0.1, 0.15) is 29.8 Å². The number of hydrogen-bond donors (Lipinski definition) is 0. The molecule has 0 bridgehead atoms. The highest BCUT2D eigenvalue weighted by atomic mass is 19.4. The molecule has 3 fully saturated rings. The van der Waals surface area contributed by atoms with Crippen LogP contribution in [0.1, 0.15) is 42.5 Å². The molecule has 7 rings (SSSR count). The van der Waals surface area contributed by atoms with E-state index in [2.05, 4.69) is 19.9 Å². The Bertz CT molecular complexity index is 1990. The Morgan fingerprint density at radius 3 is 2.71 bits per heavy atom. The first kappa shape index (κ1) is 34.6. The molecule has 3 aliphatic heterocycles. The van der Waals surface area contributed by atoms with Crippen LogP contribution in [0.2, 0.25) is 0 Å². The first-order valence-corrected chi connectivity index (χ1v) is 16.7. The van der Waals surface area contributed by atoms with Crippen LogP contribution < -0.4 is 9.64 Å². The molecule has 0 aliphatic carbocycles. The average molecular weight is 712 g/mol. The van der Waals surface area contributed by atoms with E-state index in [9.17, 15) is 26.7 Å². The maximum Gasteiger partial charge on any atom is 0.417 e. The van der Waals surface area contributed by atoms with E-state index in [4.69, 9.17) is 4.74 Å². The highest BCUT2D eigenvalue weighted by Crippen LogP contribution is 2.42. The number of aryl methyl sites for hydroxylation is 1. The monoisotopic (exact) mass is 711 g/mol. The number of fused-ring (bicyclic) bond motifs is 2. The summed E-state index contributed by atoms with van der Waals surface area (Å²) in [7, 11) is 1.67. The molecule has 9 nitrogen and oxygen atoms in total. The molecule has 3 atom stereocenters. The number of nitrogens with zero attached hydrogens (tertiary/aromatic N) is 7.